The lowest BCUT2D eigenvalue weighted by Gasteiger charge is -2.42. The minimum atomic E-state index is -1.10. The molecule has 1 fully saturated rings. The number of rotatable bonds is 5. The number of aliphatic carboxylic acids is 1. The maximum atomic E-state index is 12.5. The summed E-state index contributed by atoms with van der Waals surface area (Å²) in [7, 11) is 3.92. The molecule has 2 unspecified atom stereocenters. The van der Waals surface area contributed by atoms with Gasteiger partial charge in [-0.2, -0.15) is 0 Å². The zero-order chi connectivity index (χ0) is 16.2. The Kier molecular flexibility index (Phi) is 6.01. The lowest BCUT2D eigenvalue weighted by Crippen LogP contribution is -2.62. The fourth-order valence-corrected chi connectivity index (χ4v) is 2.72. The summed E-state index contributed by atoms with van der Waals surface area (Å²) in [5.41, 5.74) is -1.10. The maximum absolute atomic E-state index is 12.5. The topological polar surface area (TPSA) is 72.9 Å². The highest BCUT2D eigenvalue weighted by atomic mass is 16.4. The highest BCUT2D eigenvalue weighted by Gasteiger charge is 2.44. The number of nitrogens with zero attached hydrogens (tertiary/aromatic N) is 2. The Bertz CT molecular complexity index is 384. The zero-order valence-corrected chi connectivity index (χ0v) is 13.8. The van der Waals surface area contributed by atoms with Crippen molar-refractivity contribution in [2.75, 3.05) is 27.2 Å². The Morgan fingerprint density at radius 2 is 1.95 bits per heavy atom. The molecule has 1 aliphatic heterocycles. The van der Waals surface area contributed by atoms with Crippen molar-refractivity contribution in [1.82, 2.24) is 15.1 Å². The molecule has 1 rings (SSSR count). The minimum Gasteiger partial charge on any atom is -0.480 e. The van der Waals surface area contributed by atoms with E-state index in [-0.39, 0.29) is 18.0 Å². The third-order valence-electron chi connectivity index (χ3n) is 4.27. The Balaban J connectivity index is 2.82. The van der Waals surface area contributed by atoms with Gasteiger partial charge in [-0.25, -0.2) is 9.59 Å². The van der Waals surface area contributed by atoms with E-state index in [1.54, 1.807) is 6.92 Å². The van der Waals surface area contributed by atoms with Crippen molar-refractivity contribution in [2.24, 2.45) is 5.92 Å². The monoisotopic (exact) mass is 299 g/mol. The van der Waals surface area contributed by atoms with Gasteiger partial charge in [0.15, 0.2) is 0 Å². The van der Waals surface area contributed by atoms with Gasteiger partial charge in [-0.1, -0.05) is 13.8 Å². The van der Waals surface area contributed by atoms with E-state index in [1.807, 2.05) is 19.0 Å². The number of piperidine rings is 1. The van der Waals surface area contributed by atoms with Crippen LogP contribution >= 0.6 is 0 Å². The standard InChI is InChI=1S/C15H29N3O3/c1-11(2)12(10-17(4)5)16-14(21)18-9-7-6-8-15(18,3)13(19)20/h11-12H,6-10H2,1-5H3,(H,16,21)(H,19,20). The minimum absolute atomic E-state index is 0.00692. The number of carbonyl (C=O) groups excluding carboxylic acids is 1. The first-order valence-corrected chi connectivity index (χ1v) is 7.64. The summed E-state index contributed by atoms with van der Waals surface area (Å²) in [4.78, 5) is 27.6. The van der Waals surface area contributed by atoms with Crippen LogP contribution in [0.4, 0.5) is 4.79 Å². The van der Waals surface area contributed by atoms with Crippen LogP contribution in [0.3, 0.4) is 0 Å². The molecule has 0 aromatic carbocycles. The maximum Gasteiger partial charge on any atom is 0.329 e. The third kappa shape index (κ3) is 4.33. The molecule has 0 aromatic heterocycles. The number of carboxylic acids is 1. The molecule has 0 aromatic rings. The molecule has 0 bridgehead atoms. The molecule has 2 amide bonds. The van der Waals surface area contributed by atoms with Crippen molar-refractivity contribution in [3.8, 4) is 0 Å². The largest absolute Gasteiger partial charge is 0.480 e. The number of carbonyl (C=O) groups is 2. The molecule has 0 aliphatic carbocycles. The van der Waals surface area contributed by atoms with Gasteiger partial charge in [0.2, 0.25) is 0 Å². The highest BCUT2D eigenvalue weighted by Crippen LogP contribution is 2.28. The highest BCUT2D eigenvalue weighted by molar-refractivity contribution is 5.86. The van der Waals surface area contributed by atoms with Gasteiger partial charge in [-0.05, 0) is 46.2 Å². The molecule has 6 heteroatoms. The van der Waals surface area contributed by atoms with Crippen LogP contribution in [0.15, 0.2) is 0 Å². The van der Waals surface area contributed by atoms with E-state index < -0.39 is 11.5 Å². The summed E-state index contributed by atoms with van der Waals surface area (Å²) in [6, 6.07) is -0.257. The quantitative estimate of drug-likeness (QED) is 0.809. The van der Waals surface area contributed by atoms with Crippen molar-refractivity contribution >= 4 is 12.0 Å². The van der Waals surface area contributed by atoms with Gasteiger partial charge in [-0.15, -0.1) is 0 Å². The molecule has 1 heterocycles. The summed E-state index contributed by atoms with van der Waals surface area (Å²) in [6.07, 6.45) is 2.21. The van der Waals surface area contributed by atoms with Crippen LogP contribution in [0, 0.1) is 5.92 Å². The second-order valence-corrected chi connectivity index (χ2v) is 6.75. The van der Waals surface area contributed by atoms with Crippen LogP contribution in [0.1, 0.15) is 40.0 Å². The van der Waals surface area contributed by atoms with Gasteiger partial charge in [0, 0.05) is 19.1 Å². The number of carboxylic acid groups (broad SMARTS) is 1. The second kappa shape index (κ2) is 7.11. The Labute approximate surface area is 127 Å². The van der Waals surface area contributed by atoms with Gasteiger partial charge in [-0.3, -0.25) is 0 Å². The Morgan fingerprint density at radius 3 is 2.43 bits per heavy atom. The normalized spacial score (nSPS) is 24.2. The van der Waals surface area contributed by atoms with Gasteiger partial charge in [0.25, 0.3) is 0 Å². The summed E-state index contributed by atoms with van der Waals surface area (Å²) in [5.74, 6) is -0.636. The van der Waals surface area contributed by atoms with E-state index in [1.165, 1.54) is 4.90 Å². The summed E-state index contributed by atoms with van der Waals surface area (Å²) in [5, 5.41) is 12.5. The van der Waals surface area contributed by atoms with E-state index in [0.29, 0.717) is 13.0 Å². The molecule has 0 spiro atoms. The molecule has 2 N–H and O–H groups in total. The number of hydrogen-bond donors (Lipinski definition) is 2. The summed E-state index contributed by atoms with van der Waals surface area (Å²) in [6.45, 7) is 6.99. The number of urea groups is 1. The smallest absolute Gasteiger partial charge is 0.329 e. The number of nitrogens with one attached hydrogen (secondary N) is 1. The predicted octanol–water partition coefficient (Wildman–Crippen LogP) is 1.61. The molecule has 1 aliphatic rings. The lowest BCUT2D eigenvalue weighted by molar-refractivity contribution is -0.150. The van der Waals surface area contributed by atoms with Gasteiger partial charge >= 0.3 is 12.0 Å². The van der Waals surface area contributed by atoms with Crippen molar-refractivity contribution in [3.63, 3.8) is 0 Å². The predicted molar refractivity (Wildman–Crippen MR) is 82.3 cm³/mol. The number of likely N-dealkylation sites (N-methyl/N-ethyl adjacent to an activating group) is 1. The average Bonchev–Trinajstić information content (AvgIpc) is 2.37. The van der Waals surface area contributed by atoms with Gasteiger partial charge in [0.1, 0.15) is 5.54 Å². The summed E-state index contributed by atoms with van der Waals surface area (Å²) >= 11 is 0. The zero-order valence-electron chi connectivity index (χ0n) is 13.8. The Morgan fingerprint density at radius 1 is 1.33 bits per heavy atom. The second-order valence-electron chi connectivity index (χ2n) is 6.75. The first kappa shape index (κ1) is 17.8. The molecular formula is C15H29N3O3. The molecule has 6 nitrogen and oxygen atoms in total. The van der Waals surface area contributed by atoms with Crippen molar-refractivity contribution in [3.05, 3.63) is 0 Å². The fourth-order valence-electron chi connectivity index (χ4n) is 2.72. The van der Waals surface area contributed by atoms with Crippen LogP contribution in [0.2, 0.25) is 0 Å². The first-order chi connectivity index (χ1) is 9.68. The molecule has 1 saturated heterocycles. The SMILES string of the molecule is CC(C)C(CN(C)C)NC(=O)N1CCCCC1(C)C(=O)O. The number of amides is 2. The molecule has 0 radical (unpaired) electrons. The fraction of sp³-hybridized carbons (Fsp3) is 0.867. The van der Waals surface area contributed by atoms with Crippen molar-refractivity contribution in [2.45, 2.75) is 51.6 Å². The molecule has 122 valence electrons. The third-order valence-corrected chi connectivity index (χ3v) is 4.27. The first-order valence-electron chi connectivity index (χ1n) is 7.64. The van der Waals surface area contributed by atoms with E-state index in [4.69, 9.17) is 0 Å². The Hall–Kier alpha value is -1.30. The van der Waals surface area contributed by atoms with Crippen LogP contribution in [0.5, 0.6) is 0 Å². The number of likely N-dealkylation sites (tertiary alicyclic amines) is 1. The lowest BCUT2D eigenvalue weighted by atomic mass is 9.89. The van der Waals surface area contributed by atoms with E-state index >= 15 is 0 Å². The van der Waals surface area contributed by atoms with Gasteiger partial charge in [0.05, 0.1) is 0 Å². The molecule has 0 saturated carbocycles. The number of hydrogen-bond acceptors (Lipinski definition) is 3. The van der Waals surface area contributed by atoms with E-state index in [9.17, 15) is 14.7 Å². The molecular weight excluding hydrogens is 270 g/mol. The van der Waals surface area contributed by atoms with Crippen molar-refractivity contribution < 1.29 is 14.7 Å². The van der Waals surface area contributed by atoms with E-state index in [0.717, 1.165) is 19.4 Å². The average molecular weight is 299 g/mol. The molecule has 21 heavy (non-hydrogen) atoms. The van der Waals surface area contributed by atoms with Crippen LogP contribution < -0.4 is 5.32 Å². The van der Waals surface area contributed by atoms with Gasteiger partial charge < -0.3 is 20.2 Å². The van der Waals surface area contributed by atoms with Crippen LogP contribution in [-0.4, -0.2) is 65.7 Å². The van der Waals surface area contributed by atoms with Crippen molar-refractivity contribution in [1.29, 1.82) is 0 Å². The van der Waals surface area contributed by atoms with Crippen LogP contribution in [0.25, 0.3) is 0 Å². The van der Waals surface area contributed by atoms with E-state index in [2.05, 4.69) is 19.2 Å². The molecule has 2 atom stereocenters. The van der Waals surface area contributed by atoms with Crippen LogP contribution in [-0.2, 0) is 4.79 Å². The summed E-state index contributed by atoms with van der Waals surface area (Å²) < 4.78 is 0.